The van der Waals surface area contributed by atoms with Gasteiger partial charge in [0.2, 0.25) is 10.0 Å². The molecule has 0 amide bonds. The number of nitrogens with one attached hydrogen (secondary N) is 1. The monoisotopic (exact) mass is 400 g/mol. The fourth-order valence-corrected chi connectivity index (χ4v) is 5.31. The van der Waals surface area contributed by atoms with Crippen LogP contribution in [0.25, 0.3) is 0 Å². The molecule has 0 spiro atoms. The van der Waals surface area contributed by atoms with Crippen LogP contribution in [-0.4, -0.2) is 52.7 Å². The molecule has 0 aliphatic carbocycles. The third-order valence-corrected chi connectivity index (χ3v) is 6.38. The van der Waals surface area contributed by atoms with Gasteiger partial charge in [0.1, 0.15) is 4.90 Å². The van der Waals surface area contributed by atoms with E-state index in [4.69, 9.17) is 39.5 Å². The number of nitrogens with zero attached hydrogens (tertiary/aromatic N) is 1. The van der Waals surface area contributed by atoms with Crippen LogP contribution in [0, 0.1) is 0 Å². The van der Waals surface area contributed by atoms with Gasteiger partial charge in [-0.05, 0) is 31.5 Å². The van der Waals surface area contributed by atoms with Gasteiger partial charge in [-0.2, -0.15) is 0 Å². The molecule has 2 rings (SSSR count). The fourth-order valence-electron chi connectivity index (χ4n) is 2.69. The molecule has 1 aromatic rings. The zero-order chi connectivity index (χ0) is 17.0. The molecule has 1 heterocycles. The summed E-state index contributed by atoms with van der Waals surface area (Å²) < 4.78 is 32.7. The maximum Gasteiger partial charge on any atom is 0.243 e. The maximum absolute atomic E-state index is 12.5. The van der Waals surface area contributed by atoms with Gasteiger partial charge >= 0.3 is 0 Å². The number of hydrogen-bond acceptors (Lipinski definition) is 4. The summed E-state index contributed by atoms with van der Waals surface area (Å²) in [6.07, 6.45) is 1.98. The van der Waals surface area contributed by atoms with Crippen LogP contribution in [0.2, 0.25) is 15.1 Å². The summed E-state index contributed by atoms with van der Waals surface area (Å²) in [5, 5.41) is 0.316. The van der Waals surface area contributed by atoms with Gasteiger partial charge in [0, 0.05) is 31.3 Å². The van der Waals surface area contributed by atoms with Crippen LogP contribution in [0.5, 0.6) is 0 Å². The molecule has 0 aromatic heterocycles. The minimum Gasteiger partial charge on any atom is -0.383 e. The predicted molar refractivity (Wildman–Crippen MR) is 93.1 cm³/mol. The van der Waals surface area contributed by atoms with Gasteiger partial charge in [-0.1, -0.05) is 34.8 Å². The van der Waals surface area contributed by atoms with Crippen LogP contribution in [0.4, 0.5) is 0 Å². The van der Waals surface area contributed by atoms with Crippen molar-refractivity contribution in [3.8, 4) is 0 Å². The zero-order valence-corrected chi connectivity index (χ0v) is 15.8. The molecular weight excluding hydrogens is 383 g/mol. The second-order valence-corrected chi connectivity index (χ2v) is 8.33. The van der Waals surface area contributed by atoms with E-state index < -0.39 is 10.0 Å². The van der Waals surface area contributed by atoms with Crippen molar-refractivity contribution in [3.05, 3.63) is 27.2 Å². The molecule has 5 nitrogen and oxygen atoms in total. The number of benzene rings is 1. The summed E-state index contributed by atoms with van der Waals surface area (Å²) >= 11 is 17.8. The minimum atomic E-state index is -3.80. The Morgan fingerprint density at radius 1 is 1.30 bits per heavy atom. The first-order valence-corrected chi connectivity index (χ1v) is 9.84. The van der Waals surface area contributed by atoms with Gasteiger partial charge in [-0.15, -0.1) is 0 Å². The van der Waals surface area contributed by atoms with Crippen LogP contribution >= 0.6 is 34.8 Å². The first-order chi connectivity index (χ1) is 10.8. The SMILES string of the molecule is COCCN1CCCC1CNS(=O)(=O)c1c(Cl)cc(Cl)cc1Cl. The number of halogens is 3. The zero-order valence-electron chi connectivity index (χ0n) is 12.7. The lowest BCUT2D eigenvalue weighted by atomic mass is 10.2. The van der Waals surface area contributed by atoms with Gasteiger partial charge in [0.05, 0.1) is 16.7 Å². The molecule has 1 N–H and O–H groups in total. The van der Waals surface area contributed by atoms with Gasteiger partial charge in [-0.3, -0.25) is 4.90 Å². The quantitative estimate of drug-likeness (QED) is 0.763. The number of rotatable bonds is 7. The van der Waals surface area contributed by atoms with Gasteiger partial charge in [-0.25, -0.2) is 13.1 Å². The van der Waals surface area contributed by atoms with E-state index in [9.17, 15) is 8.42 Å². The van der Waals surface area contributed by atoms with Gasteiger partial charge in [0.15, 0.2) is 0 Å². The highest BCUT2D eigenvalue weighted by Gasteiger charge is 2.28. The van der Waals surface area contributed by atoms with Crippen molar-refractivity contribution in [2.24, 2.45) is 0 Å². The van der Waals surface area contributed by atoms with E-state index in [0.29, 0.717) is 18.2 Å². The second-order valence-electron chi connectivity index (χ2n) is 5.38. The average Bonchev–Trinajstić information content (AvgIpc) is 2.89. The largest absolute Gasteiger partial charge is 0.383 e. The van der Waals surface area contributed by atoms with Crippen molar-refractivity contribution in [2.45, 2.75) is 23.8 Å². The van der Waals surface area contributed by atoms with E-state index in [-0.39, 0.29) is 21.0 Å². The third-order valence-electron chi connectivity index (χ3n) is 3.82. The molecule has 0 radical (unpaired) electrons. The van der Waals surface area contributed by atoms with Crippen molar-refractivity contribution in [1.82, 2.24) is 9.62 Å². The normalized spacial score (nSPS) is 19.4. The van der Waals surface area contributed by atoms with Crippen LogP contribution in [-0.2, 0) is 14.8 Å². The third kappa shape index (κ3) is 4.95. The molecule has 1 unspecified atom stereocenters. The lowest BCUT2D eigenvalue weighted by Gasteiger charge is -2.24. The Balaban J connectivity index is 2.07. The highest BCUT2D eigenvalue weighted by molar-refractivity contribution is 7.89. The van der Waals surface area contributed by atoms with Gasteiger partial charge < -0.3 is 4.74 Å². The number of methoxy groups -OCH3 is 1. The van der Waals surface area contributed by atoms with Crippen molar-refractivity contribution < 1.29 is 13.2 Å². The number of sulfonamides is 1. The van der Waals surface area contributed by atoms with E-state index in [1.165, 1.54) is 12.1 Å². The summed E-state index contributed by atoms with van der Waals surface area (Å²) in [6.45, 7) is 2.66. The molecule has 1 atom stereocenters. The summed E-state index contributed by atoms with van der Waals surface area (Å²) in [7, 11) is -2.15. The molecular formula is C14H19Cl3N2O3S. The van der Waals surface area contributed by atoms with Crippen LogP contribution in [0.1, 0.15) is 12.8 Å². The second kappa shape index (κ2) is 8.34. The molecule has 9 heteroatoms. The Morgan fingerprint density at radius 2 is 1.96 bits per heavy atom. The van der Waals surface area contributed by atoms with Crippen LogP contribution < -0.4 is 4.72 Å². The Bertz CT molecular complexity index is 632. The summed E-state index contributed by atoms with van der Waals surface area (Å²) in [6, 6.07) is 2.87. The molecule has 1 aliphatic heterocycles. The van der Waals surface area contributed by atoms with Gasteiger partial charge in [0.25, 0.3) is 0 Å². The molecule has 1 aromatic carbocycles. The molecule has 0 saturated carbocycles. The highest BCUT2D eigenvalue weighted by atomic mass is 35.5. The van der Waals surface area contributed by atoms with E-state index in [0.717, 1.165) is 25.9 Å². The topological polar surface area (TPSA) is 58.6 Å². The maximum atomic E-state index is 12.5. The molecule has 1 saturated heterocycles. The highest BCUT2D eigenvalue weighted by Crippen LogP contribution is 2.32. The smallest absolute Gasteiger partial charge is 0.243 e. The van der Waals surface area contributed by atoms with E-state index in [2.05, 4.69) is 9.62 Å². The van der Waals surface area contributed by atoms with Crippen molar-refractivity contribution in [1.29, 1.82) is 0 Å². The molecule has 1 aliphatic rings. The molecule has 130 valence electrons. The lowest BCUT2D eigenvalue weighted by molar-refractivity contribution is 0.141. The van der Waals surface area contributed by atoms with Crippen molar-refractivity contribution >= 4 is 44.8 Å². The van der Waals surface area contributed by atoms with E-state index in [1.54, 1.807) is 7.11 Å². The Kier molecular flexibility index (Phi) is 6.98. The fraction of sp³-hybridized carbons (Fsp3) is 0.571. The first-order valence-electron chi connectivity index (χ1n) is 7.22. The first kappa shape index (κ1) is 19.2. The minimum absolute atomic E-state index is 0.0117. The predicted octanol–water partition coefficient (Wildman–Crippen LogP) is 3.04. The molecule has 1 fully saturated rings. The number of hydrogen-bond donors (Lipinski definition) is 1. The lowest BCUT2D eigenvalue weighted by Crippen LogP contribution is -2.41. The summed E-state index contributed by atoms with van der Waals surface area (Å²) in [5.74, 6) is 0. The Hall–Kier alpha value is -0.0800. The molecule has 23 heavy (non-hydrogen) atoms. The number of likely N-dealkylation sites (tertiary alicyclic amines) is 1. The number of ether oxygens (including phenoxy) is 1. The standard InChI is InChI=1S/C14H19Cl3N2O3S/c1-22-6-5-19-4-2-3-11(19)9-18-23(20,21)14-12(16)7-10(15)8-13(14)17/h7-8,11,18H,2-6,9H2,1H3. The summed E-state index contributed by atoms with van der Waals surface area (Å²) in [5.41, 5.74) is 0. The summed E-state index contributed by atoms with van der Waals surface area (Å²) in [4.78, 5) is 2.09. The van der Waals surface area contributed by atoms with Crippen molar-refractivity contribution in [2.75, 3.05) is 33.4 Å². The van der Waals surface area contributed by atoms with Crippen LogP contribution in [0.3, 0.4) is 0 Å². The molecule has 0 bridgehead atoms. The Morgan fingerprint density at radius 3 is 2.57 bits per heavy atom. The van der Waals surface area contributed by atoms with Crippen molar-refractivity contribution in [3.63, 3.8) is 0 Å². The van der Waals surface area contributed by atoms with Crippen LogP contribution in [0.15, 0.2) is 17.0 Å². The average molecular weight is 402 g/mol. The van der Waals surface area contributed by atoms with E-state index in [1.807, 2.05) is 0 Å². The Labute approximate surface area is 151 Å². The van der Waals surface area contributed by atoms with E-state index >= 15 is 0 Å².